The Kier molecular flexibility index (Phi) is 8.45. The number of aliphatic imine (C=N–C) groups is 1. The minimum Gasteiger partial charge on any atom is -0.356 e. The van der Waals surface area contributed by atoms with Crippen molar-refractivity contribution in [3.05, 3.63) is 0 Å². The lowest BCUT2D eigenvalue weighted by molar-refractivity contribution is -0.129. The smallest absolute Gasteiger partial charge is 0.222 e. The van der Waals surface area contributed by atoms with Crippen LogP contribution < -0.4 is 10.6 Å². The van der Waals surface area contributed by atoms with Gasteiger partial charge in [-0.2, -0.15) is 0 Å². The van der Waals surface area contributed by atoms with E-state index in [1.165, 1.54) is 13.0 Å². The zero-order valence-electron chi connectivity index (χ0n) is 14.0. The molecule has 0 radical (unpaired) electrons. The van der Waals surface area contributed by atoms with Gasteiger partial charge in [0.2, 0.25) is 5.91 Å². The SMILES string of the molecule is CCC(=O)N1CCC(NC(=NC)NCC2CCN(C)C2)C1.I. The Morgan fingerprint density at radius 3 is 2.64 bits per heavy atom. The molecule has 0 spiro atoms. The van der Waals surface area contributed by atoms with Crippen LogP contribution in [0, 0.1) is 5.92 Å². The normalized spacial score (nSPS) is 26.0. The van der Waals surface area contributed by atoms with Crippen molar-refractivity contribution in [2.45, 2.75) is 32.2 Å². The molecule has 2 fully saturated rings. The lowest BCUT2D eigenvalue weighted by atomic mass is 10.1. The monoisotopic (exact) mass is 423 g/mol. The summed E-state index contributed by atoms with van der Waals surface area (Å²) in [6.45, 7) is 6.88. The molecule has 2 unspecified atom stereocenters. The molecule has 6 nitrogen and oxygen atoms in total. The molecular formula is C15H30IN5O. The van der Waals surface area contributed by atoms with Crippen molar-refractivity contribution in [1.82, 2.24) is 20.4 Å². The number of hydrogen-bond acceptors (Lipinski definition) is 3. The minimum atomic E-state index is 0. The highest BCUT2D eigenvalue weighted by atomic mass is 127. The van der Waals surface area contributed by atoms with Gasteiger partial charge in [0.1, 0.15) is 0 Å². The number of nitrogens with one attached hydrogen (secondary N) is 2. The molecule has 0 aromatic heterocycles. The van der Waals surface area contributed by atoms with Crippen molar-refractivity contribution in [1.29, 1.82) is 0 Å². The third-order valence-electron chi connectivity index (χ3n) is 4.45. The van der Waals surface area contributed by atoms with Gasteiger partial charge in [0.05, 0.1) is 0 Å². The van der Waals surface area contributed by atoms with E-state index >= 15 is 0 Å². The molecule has 2 atom stereocenters. The van der Waals surface area contributed by atoms with E-state index in [1.54, 1.807) is 7.05 Å². The molecule has 2 N–H and O–H groups in total. The van der Waals surface area contributed by atoms with Crippen molar-refractivity contribution in [2.75, 3.05) is 46.8 Å². The summed E-state index contributed by atoms with van der Waals surface area (Å²) >= 11 is 0. The van der Waals surface area contributed by atoms with Gasteiger partial charge < -0.3 is 20.4 Å². The highest BCUT2D eigenvalue weighted by Crippen LogP contribution is 2.13. The van der Waals surface area contributed by atoms with E-state index < -0.39 is 0 Å². The quantitative estimate of drug-likeness (QED) is 0.398. The van der Waals surface area contributed by atoms with Crippen LogP contribution in [0.1, 0.15) is 26.2 Å². The number of likely N-dealkylation sites (tertiary alicyclic amines) is 2. The van der Waals surface area contributed by atoms with E-state index in [-0.39, 0.29) is 29.9 Å². The van der Waals surface area contributed by atoms with Crippen LogP contribution in [-0.2, 0) is 4.79 Å². The maximum Gasteiger partial charge on any atom is 0.222 e. The van der Waals surface area contributed by atoms with Gasteiger partial charge in [-0.25, -0.2) is 0 Å². The molecule has 0 aliphatic carbocycles. The maximum absolute atomic E-state index is 11.7. The van der Waals surface area contributed by atoms with E-state index in [1.807, 2.05) is 11.8 Å². The Balaban J connectivity index is 0.00000242. The first kappa shape index (κ1) is 19.5. The molecule has 0 saturated carbocycles. The third kappa shape index (κ3) is 5.57. The fraction of sp³-hybridized carbons (Fsp3) is 0.867. The van der Waals surface area contributed by atoms with Crippen LogP contribution in [0.15, 0.2) is 4.99 Å². The number of amides is 1. The molecule has 2 aliphatic rings. The predicted octanol–water partition coefficient (Wildman–Crippen LogP) is 0.732. The van der Waals surface area contributed by atoms with Gasteiger partial charge in [-0.05, 0) is 32.4 Å². The fourth-order valence-electron chi connectivity index (χ4n) is 3.15. The van der Waals surface area contributed by atoms with Crippen LogP contribution in [0.25, 0.3) is 0 Å². The number of guanidine groups is 1. The van der Waals surface area contributed by atoms with Crippen LogP contribution in [0.5, 0.6) is 0 Å². The third-order valence-corrected chi connectivity index (χ3v) is 4.45. The number of hydrogen-bond donors (Lipinski definition) is 2. The van der Waals surface area contributed by atoms with Crippen molar-refractivity contribution in [3.63, 3.8) is 0 Å². The van der Waals surface area contributed by atoms with Gasteiger partial charge in [0, 0.05) is 45.7 Å². The highest BCUT2D eigenvalue weighted by Gasteiger charge is 2.26. The number of rotatable bonds is 4. The zero-order valence-corrected chi connectivity index (χ0v) is 16.3. The molecule has 2 saturated heterocycles. The van der Waals surface area contributed by atoms with Gasteiger partial charge in [-0.15, -0.1) is 24.0 Å². The van der Waals surface area contributed by atoms with Gasteiger partial charge >= 0.3 is 0 Å². The van der Waals surface area contributed by atoms with Crippen LogP contribution >= 0.6 is 24.0 Å². The summed E-state index contributed by atoms with van der Waals surface area (Å²) in [5.74, 6) is 1.81. The highest BCUT2D eigenvalue weighted by molar-refractivity contribution is 14.0. The summed E-state index contributed by atoms with van der Waals surface area (Å²) < 4.78 is 0. The van der Waals surface area contributed by atoms with E-state index in [2.05, 4.69) is 27.6 Å². The molecule has 0 bridgehead atoms. The Labute approximate surface area is 151 Å². The van der Waals surface area contributed by atoms with Crippen LogP contribution in [0.2, 0.25) is 0 Å². The molecule has 0 aromatic carbocycles. The second-order valence-corrected chi connectivity index (χ2v) is 6.19. The van der Waals surface area contributed by atoms with Crippen LogP contribution in [0.3, 0.4) is 0 Å². The lowest BCUT2D eigenvalue weighted by Crippen LogP contribution is -2.46. The summed E-state index contributed by atoms with van der Waals surface area (Å²) in [4.78, 5) is 20.3. The summed E-state index contributed by atoms with van der Waals surface area (Å²) in [5, 5.41) is 6.87. The molecule has 2 rings (SSSR count). The largest absolute Gasteiger partial charge is 0.356 e. The first-order chi connectivity index (χ1) is 10.1. The van der Waals surface area contributed by atoms with Gasteiger partial charge in [0.15, 0.2) is 5.96 Å². The molecule has 1 amide bonds. The Hall–Kier alpha value is -0.570. The number of nitrogens with zero attached hydrogens (tertiary/aromatic N) is 3. The molecular weight excluding hydrogens is 393 g/mol. The molecule has 22 heavy (non-hydrogen) atoms. The zero-order chi connectivity index (χ0) is 15.2. The molecule has 2 aliphatic heterocycles. The molecule has 2 heterocycles. The summed E-state index contributed by atoms with van der Waals surface area (Å²) in [7, 11) is 3.98. The topological polar surface area (TPSA) is 60.0 Å². The molecule has 7 heteroatoms. The van der Waals surface area contributed by atoms with Gasteiger partial charge in [-0.1, -0.05) is 6.92 Å². The number of carbonyl (C=O) groups excluding carboxylic acids is 1. The Bertz CT molecular complexity index is 390. The predicted molar refractivity (Wildman–Crippen MR) is 101 cm³/mol. The Morgan fingerprint density at radius 1 is 1.27 bits per heavy atom. The Morgan fingerprint density at radius 2 is 2.05 bits per heavy atom. The standard InChI is InChI=1S/C15H29N5O.HI/c1-4-14(21)20-8-6-13(11-20)18-15(16-2)17-9-12-5-7-19(3)10-12;/h12-13H,4-11H2,1-3H3,(H2,16,17,18);1H. The average molecular weight is 423 g/mol. The minimum absolute atomic E-state index is 0. The van der Waals surface area contributed by atoms with Gasteiger partial charge in [0.25, 0.3) is 0 Å². The first-order valence-electron chi connectivity index (χ1n) is 8.05. The van der Waals surface area contributed by atoms with Crippen LogP contribution in [0.4, 0.5) is 0 Å². The van der Waals surface area contributed by atoms with E-state index in [0.717, 1.165) is 38.6 Å². The van der Waals surface area contributed by atoms with Crippen molar-refractivity contribution >= 4 is 35.8 Å². The molecule has 0 aromatic rings. The fourth-order valence-corrected chi connectivity index (χ4v) is 3.15. The summed E-state index contributed by atoms with van der Waals surface area (Å²) in [6.07, 6.45) is 2.84. The second kappa shape index (κ2) is 9.54. The summed E-state index contributed by atoms with van der Waals surface area (Å²) in [6, 6.07) is 0.318. The van der Waals surface area contributed by atoms with E-state index in [9.17, 15) is 4.79 Å². The van der Waals surface area contributed by atoms with Gasteiger partial charge in [-0.3, -0.25) is 9.79 Å². The van der Waals surface area contributed by atoms with Crippen molar-refractivity contribution in [2.24, 2.45) is 10.9 Å². The maximum atomic E-state index is 11.7. The number of halogens is 1. The van der Waals surface area contributed by atoms with Crippen molar-refractivity contribution < 1.29 is 4.79 Å². The second-order valence-electron chi connectivity index (χ2n) is 6.19. The van der Waals surface area contributed by atoms with Crippen molar-refractivity contribution in [3.8, 4) is 0 Å². The average Bonchev–Trinajstić information content (AvgIpc) is 3.11. The summed E-state index contributed by atoms with van der Waals surface area (Å²) in [5.41, 5.74) is 0. The number of carbonyl (C=O) groups is 1. The lowest BCUT2D eigenvalue weighted by Gasteiger charge is -2.20. The van der Waals surface area contributed by atoms with Crippen LogP contribution in [-0.4, -0.2) is 74.5 Å². The molecule has 128 valence electrons. The van der Waals surface area contributed by atoms with E-state index in [4.69, 9.17) is 0 Å². The van der Waals surface area contributed by atoms with E-state index in [0.29, 0.717) is 18.4 Å². The first-order valence-corrected chi connectivity index (χ1v) is 8.05.